The molecule has 5 heteroatoms. The van der Waals surface area contributed by atoms with Crippen molar-refractivity contribution in [3.8, 4) is 0 Å². The lowest BCUT2D eigenvalue weighted by atomic mass is 9.73. The zero-order valence-corrected chi connectivity index (χ0v) is 10.7. The van der Waals surface area contributed by atoms with Crippen LogP contribution in [0.2, 0.25) is 0 Å². The smallest absolute Gasteiger partial charge is 0.306 e. The van der Waals surface area contributed by atoms with E-state index in [0.717, 1.165) is 45.6 Å². The second-order valence-corrected chi connectivity index (χ2v) is 5.86. The van der Waals surface area contributed by atoms with Crippen LogP contribution in [0, 0.1) is 11.8 Å². The van der Waals surface area contributed by atoms with Gasteiger partial charge in [0, 0.05) is 38.6 Å². The largest absolute Gasteiger partial charge is 0.462 e. The predicted molar refractivity (Wildman–Crippen MR) is 65.8 cm³/mol. The molecule has 5 nitrogen and oxygen atoms in total. The van der Waals surface area contributed by atoms with E-state index in [1.807, 2.05) is 0 Å². The zero-order chi connectivity index (χ0) is 12.5. The molecular weight excluding hydrogens is 232 g/mol. The Kier molecular flexibility index (Phi) is 3.54. The van der Waals surface area contributed by atoms with Crippen LogP contribution < -0.4 is 5.32 Å². The van der Waals surface area contributed by atoms with Gasteiger partial charge in [-0.1, -0.05) is 0 Å². The number of ether oxygens (including phenoxy) is 1. The minimum absolute atomic E-state index is 0.0511. The molecule has 18 heavy (non-hydrogen) atoms. The first-order valence-corrected chi connectivity index (χ1v) is 7.03. The Morgan fingerprint density at radius 1 is 1.44 bits per heavy atom. The van der Waals surface area contributed by atoms with Crippen LogP contribution in [0.4, 0.5) is 0 Å². The number of aliphatic hydroxyl groups excluding tert-OH is 1. The molecule has 0 radical (unpaired) electrons. The molecule has 2 aliphatic heterocycles. The number of hydrogen-bond acceptors (Lipinski definition) is 5. The summed E-state index contributed by atoms with van der Waals surface area (Å²) in [5.74, 6) is 0.656. The number of fused-ring (bicyclic) bond motifs is 1. The van der Waals surface area contributed by atoms with Crippen LogP contribution in [-0.4, -0.2) is 54.5 Å². The van der Waals surface area contributed by atoms with Gasteiger partial charge in [0.05, 0.1) is 6.10 Å². The van der Waals surface area contributed by atoms with Crippen LogP contribution in [0.15, 0.2) is 0 Å². The molecule has 0 spiro atoms. The van der Waals surface area contributed by atoms with E-state index in [4.69, 9.17) is 4.74 Å². The van der Waals surface area contributed by atoms with Crippen molar-refractivity contribution >= 4 is 5.97 Å². The summed E-state index contributed by atoms with van der Waals surface area (Å²) in [6.07, 6.45) is 2.75. The second-order valence-electron chi connectivity index (χ2n) is 5.86. The molecule has 1 aliphatic carbocycles. The van der Waals surface area contributed by atoms with Crippen molar-refractivity contribution in [3.63, 3.8) is 0 Å². The lowest BCUT2D eigenvalue weighted by Crippen LogP contribution is -2.47. The maximum Gasteiger partial charge on any atom is 0.306 e. The van der Waals surface area contributed by atoms with Gasteiger partial charge in [-0.2, -0.15) is 0 Å². The Labute approximate surface area is 107 Å². The molecule has 0 aromatic carbocycles. The van der Waals surface area contributed by atoms with E-state index in [9.17, 15) is 9.90 Å². The van der Waals surface area contributed by atoms with Gasteiger partial charge in [0.25, 0.3) is 0 Å². The zero-order valence-electron chi connectivity index (χ0n) is 10.7. The van der Waals surface area contributed by atoms with Crippen molar-refractivity contribution in [3.05, 3.63) is 0 Å². The van der Waals surface area contributed by atoms with Crippen molar-refractivity contribution < 1.29 is 14.6 Å². The van der Waals surface area contributed by atoms with Crippen LogP contribution >= 0.6 is 0 Å². The van der Waals surface area contributed by atoms with Crippen LogP contribution in [-0.2, 0) is 9.53 Å². The van der Waals surface area contributed by atoms with E-state index < -0.39 is 0 Å². The molecule has 3 aliphatic rings. The molecule has 4 unspecified atom stereocenters. The van der Waals surface area contributed by atoms with E-state index in [1.165, 1.54) is 0 Å². The second kappa shape index (κ2) is 5.15. The van der Waals surface area contributed by atoms with Gasteiger partial charge in [0.15, 0.2) is 0 Å². The third-order valence-electron chi connectivity index (χ3n) is 4.56. The molecule has 3 fully saturated rings. The Balaban J connectivity index is 1.67. The molecule has 1 saturated carbocycles. The molecule has 102 valence electrons. The number of esters is 1. The SMILES string of the molecule is O=C1CC(CN2CCNC2)C2CC(O)CCC2O1. The van der Waals surface area contributed by atoms with E-state index in [-0.39, 0.29) is 18.2 Å². The average Bonchev–Trinajstić information content (AvgIpc) is 2.83. The Morgan fingerprint density at radius 3 is 3.11 bits per heavy atom. The standard InChI is InChI=1S/C13H22N2O3/c16-10-1-2-12-11(6-10)9(5-13(17)18-12)7-15-4-3-14-8-15/h9-12,14,16H,1-8H2. The highest BCUT2D eigenvalue weighted by molar-refractivity contribution is 5.70. The van der Waals surface area contributed by atoms with E-state index in [1.54, 1.807) is 0 Å². The number of aliphatic hydroxyl groups is 1. The fourth-order valence-electron chi connectivity index (χ4n) is 3.62. The molecule has 4 atom stereocenters. The molecular formula is C13H22N2O3. The molecule has 2 saturated heterocycles. The van der Waals surface area contributed by atoms with Crippen molar-refractivity contribution in [2.45, 2.75) is 37.9 Å². The molecule has 3 rings (SSSR count). The summed E-state index contributed by atoms with van der Waals surface area (Å²) in [5, 5.41) is 13.1. The predicted octanol–water partition coefficient (Wildman–Crippen LogP) is -0.0582. The van der Waals surface area contributed by atoms with Crippen LogP contribution in [0.25, 0.3) is 0 Å². The molecule has 0 bridgehead atoms. The normalized spacial score (nSPS) is 41.5. The summed E-state index contributed by atoms with van der Waals surface area (Å²) in [7, 11) is 0. The summed E-state index contributed by atoms with van der Waals surface area (Å²) in [4.78, 5) is 14.0. The first-order valence-electron chi connectivity index (χ1n) is 7.03. The number of rotatable bonds is 2. The molecule has 0 aromatic rings. The quantitative estimate of drug-likeness (QED) is 0.676. The molecule has 0 amide bonds. The topological polar surface area (TPSA) is 61.8 Å². The van der Waals surface area contributed by atoms with Crippen molar-refractivity contribution in [1.82, 2.24) is 10.2 Å². The van der Waals surface area contributed by atoms with Gasteiger partial charge in [-0.05, 0) is 25.2 Å². The fraction of sp³-hybridized carbons (Fsp3) is 0.923. The molecule has 0 aromatic heterocycles. The highest BCUT2D eigenvalue weighted by Gasteiger charge is 2.42. The summed E-state index contributed by atoms with van der Waals surface area (Å²) >= 11 is 0. The maximum atomic E-state index is 11.7. The van der Waals surface area contributed by atoms with Gasteiger partial charge in [-0.3, -0.25) is 9.69 Å². The third kappa shape index (κ3) is 2.53. The van der Waals surface area contributed by atoms with Gasteiger partial charge in [-0.15, -0.1) is 0 Å². The van der Waals surface area contributed by atoms with Crippen LogP contribution in [0.5, 0.6) is 0 Å². The lowest BCUT2D eigenvalue weighted by Gasteiger charge is -2.42. The van der Waals surface area contributed by atoms with E-state index >= 15 is 0 Å². The Hall–Kier alpha value is -0.650. The third-order valence-corrected chi connectivity index (χ3v) is 4.56. The summed E-state index contributed by atoms with van der Waals surface area (Å²) < 4.78 is 5.45. The number of carbonyl (C=O) groups is 1. The van der Waals surface area contributed by atoms with E-state index in [2.05, 4.69) is 10.2 Å². The van der Waals surface area contributed by atoms with Crippen molar-refractivity contribution in [2.75, 3.05) is 26.3 Å². The van der Waals surface area contributed by atoms with Gasteiger partial charge in [-0.25, -0.2) is 0 Å². The van der Waals surface area contributed by atoms with Crippen LogP contribution in [0.3, 0.4) is 0 Å². The van der Waals surface area contributed by atoms with Gasteiger partial charge in [0.2, 0.25) is 0 Å². The Bertz CT molecular complexity index is 317. The summed E-state index contributed by atoms with van der Waals surface area (Å²) in [5.41, 5.74) is 0. The van der Waals surface area contributed by atoms with Crippen molar-refractivity contribution in [1.29, 1.82) is 0 Å². The van der Waals surface area contributed by atoms with Crippen molar-refractivity contribution in [2.24, 2.45) is 11.8 Å². The lowest BCUT2D eigenvalue weighted by molar-refractivity contribution is -0.170. The number of nitrogens with one attached hydrogen (secondary N) is 1. The number of hydrogen-bond donors (Lipinski definition) is 2. The van der Waals surface area contributed by atoms with Crippen LogP contribution in [0.1, 0.15) is 25.7 Å². The highest BCUT2D eigenvalue weighted by Crippen LogP contribution is 2.38. The van der Waals surface area contributed by atoms with E-state index in [0.29, 0.717) is 18.3 Å². The maximum absolute atomic E-state index is 11.7. The van der Waals surface area contributed by atoms with Gasteiger partial charge < -0.3 is 15.2 Å². The minimum Gasteiger partial charge on any atom is -0.462 e. The highest BCUT2D eigenvalue weighted by atomic mass is 16.5. The fourth-order valence-corrected chi connectivity index (χ4v) is 3.62. The minimum atomic E-state index is -0.206. The molecule has 2 N–H and O–H groups in total. The molecule has 2 heterocycles. The summed E-state index contributed by atoms with van der Waals surface area (Å²) in [6, 6.07) is 0. The first kappa shape index (κ1) is 12.4. The first-order chi connectivity index (χ1) is 8.72. The number of nitrogens with zero attached hydrogens (tertiary/aromatic N) is 1. The van der Waals surface area contributed by atoms with Gasteiger partial charge >= 0.3 is 5.97 Å². The average molecular weight is 254 g/mol. The summed E-state index contributed by atoms with van der Waals surface area (Å²) in [6.45, 7) is 3.97. The van der Waals surface area contributed by atoms with Gasteiger partial charge in [0.1, 0.15) is 6.10 Å². The number of carbonyl (C=O) groups excluding carboxylic acids is 1. The Morgan fingerprint density at radius 2 is 2.33 bits per heavy atom. The monoisotopic (exact) mass is 254 g/mol.